The van der Waals surface area contributed by atoms with Crippen LogP contribution in [0.5, 0.6) is 0 Å². The van der Waals surface area contributed by atoms with Gasteiger partial charge in [0.15, 0.2) is 0 Å². The molecular formula is C11H9BrN2O7. The third kappa shape index (κ3) is 4.53. The van der Waals surface area contributed by atoms with Crippen molar-refractivity contribution in [3.05, 3.63) is 38.3 Å². The Bertz CT molecular complexity index is 617. The number of rotatable bonds is 6. The number of amides is 1. The highest BCUT2D eigenvalue weighted by atomic mass is 79.9. The van der Waals surface area contributed by atoms with E-state index in [2.05, 4.69) is 15.9 Å². The SMILES string of the molecule is O=C(O)CC(NC(=O)c1cc([N+](=O)[O-])ccc1Br)C(=O)O. The molecule has 0 radical (unpaired) electrons. The standard InChI is InChI=1S/C11H9BrN2O7/c12-7-2-1-5(14(20)21)3-6(7)10(17)13-8(11(18)19)4-9(15)16/h1-3,8H,4H2,(H,13,17)(H,15,16)(H,18,19). The van der Waals surface area contributed by atoms with Gasteiger partial charge in [-0.2, -0.15) is 0 Å². The molecule has 112 valence electrons. The van der Waals surface area contributed by atoms with Crippen LogP contribution >= 0.6 is 15.9 Å². The summed E-state index contributed by atoms with van der Waals surface area (Å²) >= 11 is 3.01. The molecule has 0 bridgehead atoms. The first-order valence-electron chi connectivity index (χ1n) is 5.41. The molecule has 9 nitrogen and oxygen atoms in total. The van der Waals surface area contributed by atoms with Crippen LogP contribution in [0.2, 0.25) is 0 Å². The summed E-state index contributed by atoms with van der Waals surface area (Å²) < 4.78 is 0.213. The molecular weight excluding hydrogens is 352 g/mol. The Morgan fingerprint density at radius 3 is 2.43 bits per heavy atom. The predicted octanol–water partition coefficient (Wildman–Crippen LogP) is 1.01. The first kappa shape index (κ1) is 16.6. The maximum atomic E-state index is 11.9. The number of benzene rings is 1. The molecule has 0 aromatic heterocycles. The van der Waals surface area contributed by atoms with Gasteiger partial charge in [0, 0.05) is 16.6 Å². The van der Waals surface area contributed by atoms with Crippen LogP contribution < -0.4 is 5.32 Å². The Kier molecular flexibility index (Phi) is 5.36. The van der Waals surface area contributed by atoms with Gasteiger partial charge < -0.3 is 15.5 Å². The zero-order chi connectivity index (χ0) is 16.2. The van der Waals surface area contributed by atoms with Gasteiger partial charge in [0.25, 0.3) is 11.6 Å². The van der Waals surface area contributed by atoms with Crippen molar-refractivity contribution in [2.45, 2.75) is 12.5 Å². The van der Waals surface area contributed by atoms with E-state index in [0.29, 0.717) is 0 Å². The van der Waals surface area contributed by atoms with Crippen molar-refractivity contribution >= 4 is 39.5 Å². The molecule has 1 atom stereocenters. The molecule has 1 aromatic carbocycles. The zero-order valence-corrected chi connectivity index (χ0v) is 11.9. The lowest BCUT2D eigenvalue weighted by Crippen LogP contribution is -2.42. The van der Waals surface area contributed by atoms with Crippen LogP contribution in [0.4, 0.5) is 5.69 Å². The fourth-order valence-electron chi connectivity index (χ4n) is 1.41. The highest BCUT2D eigenvalue weighted by molar-refractivity contribution is 9.10. The molecule has 0 heterocycles. The summed E-state index contributed by atoms with van der Waals surface area (Å²) in [4.78, 5) is 43.2. The van der Waals surface area contributed by atoms with Crippen LogP contribution in [0.25, 0.3) is 0 Å². The van der Waals surface area contributed by atoms with E-state index in [1.165, 1.54) is 6.07 Å². The molecule has 0 aliphatic rings. The number of aliphatic carboxylic acids is 2. The fourth-order valence-corrected chi connectivity index (χ4v) is 1.84. The van der Waals surface area contributed by atoms with Crippen LogP contribution in [-0.2, 0) is 9.59 Å². The van der Waals surface area contributed by atoms with Crippen molar-refractivity contribution < 1.29 is 29.5 Å². The van der Waals surface area contributed by atoms with Gasteiger partial charge in [-0.3, -0.25) is 19.7 Å². The molecule has 0 aliphatic heterocycles. The minimum Gasteiger partial charge on any atom is -0.481 e. The number of carboxylic acid groups (broad SMARTS) is 2. The molecule has 1 rings (SSSR count). The van der Waals surface area contributed by atoms with Crippen LogP contribution in [0.3, 0.4) is 0 Å². The lowest BCUT2D eigenvalue weighted by molar-refractivity contribution is -0.384. The third-order valence-electron chi connectivity index (χ3n) is 2.39. The molecule has 1 aromatic rings. The quantitative estimate of drug-likeness (QED) is 0.506. The number of nitro benzene ring substituents is 1. The van der Waals surface area contributed by atoms with E-state index < -0.39 is 35.2 Å². The number of carbonyl (C=O) groups is 3. The number of halogens is 1. The lowest BCUT2D eigenvalue weighted by atomic mass is 10.1. The zero-order valence-electron chi connectivity index (χ0n) is 10.3. The second-order valence-corrected chi connectivity index (χ2v) is 4.74. The minimum absolute atomic E-state index is 0.166. The molecule has 0 fully saturated rings. The number of nitrogens with zero attached hydrogens (tertiary/aromatic N) is 1. The van der Waals surface area contributed by atoms with Crippen molar-refractivity contribution in [2.75, 3.05) is 0 Å². The van der Waals surface area contributed by atoms with Crippen molar-refractivity contribution in [3.63, 3.8) is 0 Å². The Morgan fingerprint density at radius 2 is 1.95 bits per heavy atom. The van der Waals surface area contributed by atoms with E-state index in [4.69, 9.17) is 10.2 Å². The highest BCUT2D eigenvalue weighted by Crippen LogP contribution is 2.22. The van der Waals surface area contributed by atoms with E-state index in [-0.39, 0.29) is 15.7 Å². The van der Waals surface area contributed by atoms with Gasteiger partial charge in [0.1, 0.15) is 6.04 Å². The van der Waals surface area contributed by atoms with Crippen molar-refractivity contribution in [2.24, 2.45) is 0 Å². The molecule has 10 heteroatoms. The second-order valence-electron chi connectivity index (χ2n) is 3.88. The molecule has 0 saturated heterocycles. The summed E-state index contributed by atoms with van der Waals surface area (Å²) in [6.45, 7) is 0. The Labute approximate surface area is 125 Å². The number of carboxylic acids is 2. The Balaban J connectivity index is 3.02. The summed E-state index contributed by atoms with van der Waals surface area (Å²) in [5.74, 6) is -3.85. The largest absolute Gasteiger partial charge is 0.481 e. The monoisotopic (exact) mass is 360 g/mol. The predicted molar refractivity (Wildman–Crippen MR) is 71.9 cm³/mol. The van der Waals surface area contributed by atoms with E-state index in [1.807, 2.05) is 5.32 Å². The summed E-state index contributed by atoms with van der Waals surface area (Å²) in [7, 11) is 0. The number of hydrogen-bond acceptors (Lipinski definition) is 5. The molecule has 0 saturated carbocycles. The summed E-state index contributed by atoms with van der Waals surface area (Å²) in [5.41, 5.74) is -0.519. The van der Waals surface area contributed by atoms with Gasteiger partial charge in [-0.25, -0.2) is 4.79 Å². The average molecular weight is 361 g/mol. The van der Waals surface area contributed by atoms with Crippen molar-refractivity contribution in [1.29, 1.82) is 0 Å². The van der Waals surface area contributed by atoms with Gasteiger partial charge in [-0.1, -0.05) is 0 Å². The van der Waals surface area contributed by atoms with Crippen LogP contribution in [0.15, 0.2) is 22.7 Å². The van der Waals surface area contributed by atoms with Crippen LogP contribution in [-0.4, -0.2) is 39.0 Å². The molecule has 0 aliphatic carbocycles. The summed E-state index contributed by atoms with van der Waals surface area (Å²) in [6, 6.07) is 1.74. The van der Waals surface area contributed by atoms with Gasteiger partial charge in [-0.15, -0.1) is 0 Å². The second kappa shape index (κ2) is 6.79. The maximum Gasteiger partial charge on any atom is 0.326 e. The van der Waals surface area contributed by atoms with Crippen LogP contribution in [0.1, 0.15) is 16.8 Å². The average Bonchev–Trinajstić information content (AvgIpc) is 2.37. The summed E-state index contributed by atoms with van der Waals surface area (Å²) in [6.07, 6.45) is -0.812. The summed E-state index contributed by atoms with van der Waals surface area (Å²) in [5, 5.41) is 30.1. The van der Waals surface area contributed by atoms with Gasteiger partial charge in [0.05, 0.1) is 16.9 Å². The third-order valence-corrected chi connectivity index (χ3v) is 3.08. The number of nitro groups is 1. The fraction of sp³-hybridized carbons (Fsp3) is 0.182. The van der Waals surface area contributed by atoms with Gasteiger partial charge in [0.2, 0.25) is 0 Å². The highest BCUT2D eigenvalue weighted by Gasteiger charge is 2.25. The van der Waals surface area contributed by atoms with Crippen molar-refractivity contribution in [1.82, 2.24) is 5.32 Å². The van der Waals surface area contributed by atoms with Gasteiger partial charge in [-0.05, 0) is 22.0 Å². The Morgan fingerprint density at radius 1 is 1.33 bits per heavy atom. The Hall–Kier alpha value is -2.49. The van der Waals surface area contributed by atoms with Crippen LogP contribution in [0, 0.1) is 10.1 Å². The maximum absolute atomic E-state index is 11.9. The number of non-ortho nitro benzene ring substituents is 1. The number of carbonyl (C=O) groups excluding carboxylic acids is 1. The molecule has 3 N–H and O–H groups in total. The minimum atomic E-state index is -1.64. The smallest absolute Gasteiger partial charge is 0.326 e. The topological polar surface area (TPSA) is 147 Å². The van der Waals surface area contributed by atoms with E-state index >= 15 is 0 Å². The number of nitrogens with one attached hydrogen (secondary N) is 1. The normalized spacial score (nSPS) is 11.5. The molecule has 0 spiro atoms. The van der Waals surface area contributed by atoms with Crippen molar-refractivity contribution in [3.8, 4) is 0 Å². The first-order chi connectivity index (χ1) is 9.72. The first-order valence-corrected chi connectivity index (χ1v) is 6.21. The molecule has 1 amide bonds. The lowest BCUT2D eigenvalue weighted by Gasteiger charge is -2.13. The van der Waals surface area contributed by atoms with E-state index in [0.717, 1.165) is 12.1 Å². The molecule has 21 heavy (non-hydrogen) atoms. The number of hydrogen-bond donors (Lipinski definition) is 3. The van der Waals surface area contributed by atoms with E-state index in [1.54, 1.807) is 0 Å². The molecule has 1 unspecified atom stereocenters. The van der Waals surface area contributed by atoms with Gasteiger partial charge >= 0.3 is 11.9 Å². The van der Waals surface area contributed by atoms with E-state index in [9.17, 15) is 24.5 Å².